The van der Waals surface area contributed by atoms with Crippen molar-refractivity contribution in [1.82, 2.24) is 9.55 Å². The summed E-state index contributed by atoms with van der Waals surface area (Å²) < 4.78 is 7.17. The van der Waals surface area contributed by atoms with Crippen LogP contribution in [0.5, 0.6) is 6.01 Å². The molecule has 0 saturated carbocycles. The zero-order chi connectivity index (χ0) is 8.10. The van der Waals surface area contributed by atoms with Gasteiger partial charge in [-0.2, -0.15) is 0 Å². The molecule has 0 aliphatic rings. The fourth-order valence-corrected chi connectivity index (χ4v) is 0.827. The Morgan fingerprint density at radius 2 is 2.55 bits per heavy atom. The molecule has 0 saturated heterocycles. The molecule has 4 heteroatoms. The number of aromatic nitrogens is 2. The van der Waals surface area contributed by atoms with E-state index >= 15 is 0 Å². The molecule has 4 nitrogen and oxygen atoms in total. The molecule has 0 aromatic carbocycles. The maximum Gasteiger partial charge on any atom is 0.296 e. The third-order valence-corrected chi connectivity index (χ3v) is 1.37. The summed E-state index contributed by atoms with van der Waals surface area (Å²) >= 11 is 0. The predicted octanol–water partition coefficient (Wildman–Crippen LogP) is 0.240. The largest absolute Gasteiger partial charge is 0.463 e. The predicted molar refractivity (Wildman–Crippen MR) is 42.5 cm³/mol. The molecular weight excluding hydrogens is 142 g/mol. The van der Waals surface area contributed by atoms with E-state index < -0.39 is 0 Å². The number of nitrogens with two attached hydrogens (primary N) is 1. The third kappa shape index (κ3) is 1.94. The summed E-state index contributed by atoms with van der Waals surface area (Å²) in [5, 5.41) is 0. The van der Waals surface area contributed by atoms with Crippen LogP contribution in [0.15, 0.2) is 12.4 Å². The monoisotopic (exact) mass is 155 g/mol. The minimum Gasteiger partial charge on any atom is -0.463 e. The van der Waals surface area contributed by atoms with Gasteiger partial charge in [-0.15, -0.1) is 0 Å². The lowest BCUT2D eigenvalue weighted by atomic mass is 10.7. The second-order valence-electron chi connectivity index (χ2n) is 2.13. The van der Waals surface area contributed by atoms with Crippen molar-refractivity contribution in [1.29, 1.82) is 0 Å². The van der Waals surface area contributed by atoms with Gasteiger partial charge in [0.2, 0.25) is 0 Å². The van der Waals surface area contributed by atoms with Gasteiger partial charge in [-0.05, 0) is 6.92 Å². The fourth-order valence-electron chi connectivity index (χ4n) is 0.827. The van der Waals surface area contributed by atoms with Gasteiger partial charge in [-0.3, -0.25) is 0 Å². The van der Waals surface area contributed by atoms with Crippen molar-refractivity contribution < 1.29 is 4.74 Å². The summed E-state index contributed by atoms with van der Waals surface area (Å²) in [6, 6.07) is 0.651. The van der Waals surface area contributed by atoms with E-state index in [9.17, 15) is 0 Å². The fraction of sp³-hybridized carbons (Fsp3) is 0.571. The van der Waals surface area contributed by atoms with Crippen LogP contribution in [0.3, 0.4) is 0 Å². The van der Waals surface area contributed by atoms with Gasteiger partial charge in [0.05, 0.1) is 0 Å². The van der Waals surface area contributed by atoms with Gasteiger partial charge in [0.25, 0.3) is 6.01 Å². The van der Waals surface area contributed by atoms with Crippen molar-refractivity contribution in [2.45, 2.75) is 13.5 Å². The van der Waals surface area contributed by atoms with Crippen LogP contribution in [0.2, 0.25) is 0 Å². The van der Waals surface area contributed by atoms with Gasteiger partial charge < -0.3 is 15.0 Å². The van der Waals surface area contributed by atoms with Crippen molar-refractivity contribution >= 4 is 0 Å². The van der Waals surface area contributed by atoms with E-state index in [1.807, 2.05) is 17.7 Å². The molecular formula is C7H13N3O. The third-order valence-electron chi connectivity index (χ3n) is 1.37. The quantitative estimate of drug-likeness (QED) is 0.677. The Bertz CT molecular complexity index is 209. The number of imidazole rings is 1. The molecule has 62 valence electrons. The molecule has 0 aliphatic carbocycles. The van der Waals surface area contributed by atoms with E-state index in [-0.39, 0.29) is 0 Å². The van der Waals surface area contributed by atoms with Gasteiger partial charge in [0.15, 0.2) is 0 Å². The minimum atomic E-state index is 0.524. The lowest BCUT2D eigenvalue weighted by Gasteiger charge is -2.04. The van der Waals surface area contributed by atoms with Crippen LogP contribution in [0.25, 0.3) is 0 Å². The zero-order valence-corrected chi connectivity index (χ0v) is 6.66. The van der Waals surface area contributed by atoms with Crippen LogP contribution in [0.4, 0.5) is 0 Å². The highest BCUT2D eigenvalue weighted by molar-refractivity contribution is 4.97. The van der Waals surface area contributed by atoms with Crippen molar-refractivity contribution in [2.75, 3.05) is 13.2 Å². The second-order valence-corrected chi connectivity index (χ2v) is 2.13. The number of ether oxygens (including phenoxy) is 1. The Hall–Kier alpha value is -1.03. The molecule has 11 heavy (non-hydrogen) atoms. The van der Waals surface area contributed by atoms with Crippen molar-refractivity contribution in [3.8, 4) is 6.01 Å². The van der Waals surface area contributed by atoms with Crippen LogP contribution in [-0.4, -0.2) is 22.7 Å². The number of hydrogen-bond donors (Lipinski definition) is 1. The van der Waals surface area contributed by atoms with Gasteiger partial charge in [0, 0.05) is 25.5 Å². The summed E-state index contributed by atoms with van der Waals surface area (Å²) in [6.07, 6.45) is 3.60. The van der Waals surface area contributed by atoms with Crippen LogP contribution in [0.1, 0.15) is 6.92 Å². The smallest absolute Gasteiger partial charge is 0.296 e. The molecule has 0 amide bonds. The highest BCUT2D eigenvalue weighted by Crippen LogP contribution is 2.05. The van der Waals surface area contributed by atoms with Crippen LogP contribution >= 0.6 is 0 Å². The van der Waals surface area contributed by atoms with E-state index in [0.717, 1.165) is 6.54 Å². The minimum absolute atomic E-state index is 0.524. The highest BCUT2D eigenvalue weighted by atomic mass is 16.5. The molecule has 1 aromatic rings. The van der Waals surface area contributed by atoms with Crippen LogP contribution in [-0.2, 0) is 6.54 Å². The van der Waals surface area contributed by atoms with Crippen LogP contribution < -0.4 is 10.5 Å². The molecule has 1 aromatic heterocycles. The first kappa shape index (κ1) is 8.07. The van der Waals surface area contributed by atoms with Crippen molar-refractivity contribution in [2.24, 2.45) is 5.73 Å². The molecule has 0 radical (unpaired) electrons. The van der Waals surface area contributed by atoms with Gasteiger partial charge in [-0.1, -0.05) is 0 Å². The van der Waals surface area contributed by atoms with Gasteiger partial charge in [-0.25, -0.2) is 4.98 Å². The average Bonchev–Trinajstić information content (AvgIpc) is 2.47. The maximum absolute atomic E-state index is 5.27. The van der Waals surface area contributed by atoms with E-state index in [4.69, 9.17) is 10.5 Å². The summed E-state index contributed by atoms with van der Waals surface area (Å²) in [5.74, 6) is 0. The SMILES string of the molecule is CCn1ccnc1OCCN. The second kappa shape index (κ2) is 3.98. The summed E-state index contributed by atoms with van der Waals surface area (Å²) in [4.78, 5) is 4.01. The molecule has 2 N–H and O–H groups in total. The normalized spacial score (nSPS) is 10.0. The van der Waals surface area contributed by atoms with E-state index in [0.29, 0.717) is 19.2 Å². The first-order valence-corrected chi connectivity index (χ1v) is 3.72. The molecule has 0 spiro atoms. The topological polar surface area (TPSA) is 53.1 Å². The lowest BCUT2D eigenvalue weighted by Crippen LogP contribution is -2.13. The molecule has 0 fully saturated rings. The lowest BCUT2D eigenvalue weighted by molar-refractivity contribution is 0.288. The summed E-state index contributed by atoms with van der Waals surface area (Å²) in [5.41, 5.74) is 5.27. The summed E-state index contributed by atoms with van der Waals surface area (Å²) in [7, 11) is 0. The van der Waals surface area contributed by atoms with E-state index in [1.165, 1.54) is 0 Å². The number of rotatable bonds is 4. The number of aryl methyl sites for hydroxylation is 1. The van der Waals surface area contributed by atoms with Crippen molar-refractivity contribution in [3.05, 3.63) is 12.4 Å². The Kier molecular flexibility index (Phi) is 2.92. The Morgan fingerprint density at radius 1 is 1.73 bits per heavy atom. The first-order valence-electron chi connectivity index (χ1n) is 3.72. The number of nitrogens with zero attached hydrogens (tertiary/aromatic N) is 2. The highest BCUT2D eigenvalue weighted by Gasteiger charge is 1.99. The van der Waals surface area contributed by atoms with Gasteiger partial charge >= 0.3 is 0 Å². The average molecular weight is 155 g/mol. The molecule has 0 atom stereocenters. The van der Waals surface area contributed by atoms with Crippen LogP contribution in [0, 0.1) is 0 Å². The molecule has 0 aliphatic heterocycles. The molecule has 1 rings (SSSR count). The Balaban J connectivity index is 2.54. The zero-order valence-electron chi connectivity index (χ0n) is 6.66. The molecule has 1 heterocycles. The Morgan fingerprint density at radius 3 is 3.18 bits per heavy atom. The van der Waals surface area contributed by atoms with Crippen molar-refractivity contribution in [3.63, 3.8) is 0 Å². The maximum atomic E-state index is 5.27. The van der Waals surface area contributed by atoms with E-state index in [1.54, 1.807) is 6.20 Å². The van der Waals surface area contributed by atoms with E-state index in [2.05, 4.69) is 4.98 Å². The molecule has 0 unspecified atom stereocenters. The summed E-state index contributed by atoms with van der Waals surface area (Å²) in [6.45, 7) is 3.96. The molecule has 0 bridgehead atoms. The standard InChI is InChI=1S/C7H13N3O/c1-2-10-5-4-9-7(10)11-6-3-8/h4-5H,2-3,6,8H2,1H3. The number of hydrogen-bond acceptors (Lipinski definition) is 3. The Labute approximate surface area is 66.0 Å². The first-order chi connectivity index (χ1) is 5.38. The van der Waals surface area contributed by atoms with Gasteiger partial charge in [0.1, 0.15) is 6.61 Å².